The van der Waals surface area contributed by atoms with Gasteiger partial charge >= 0.3 is 0 Å². The molecule has 0 saturated heterocycles. The van der Waals surface area contributed by atoms with E-state index in [1.165, 1.54) is 22.2 Å². The number of allylic oxidation sites excluding steroid dienone is 2. The molecule has 0 spiro atoms. The molecule has 0 fully saturated rings. The first-order chi connectivity index (χ1) is 8.33. The molecule has 2 heteroatoms. The number of methoxy groups -OCH3 is 1. The van der Waals surface area contributed by atoms with E-state index in [1.807, 2.05) is 6.07 Å². The summed E-state index contributed by atoms with van der Waals surface area (Å²) in [4.78, 5) is 0. The summed E-state index contributed by atoms with van der Waals surface area (Å²) in [5.41, 5.74) is 4.09. The Morgan fingerprint density at radius 2 is 2.12 bits per heavy atom. The molecular weight excluding hydrogens is 210 g/mol. The van der Waals surface area contributed by atoms with E-state index in [4.69, 9.17) is 4.74 Å². The zero-order valence-electron chi connectivity index (χ0n) is 10.2. The van der Waals surface area contributed by atoms with Crippen molar-refractivity contribution in [1.82, 2.24) is 0 Å². The maximum absolute atomic E-state index is 5.26. The second-order valence-electron chi connectivity index (χ2n) is 4.36. The van der Waals surface area contributed by atoms with Gasteiger partial charge in [0, 0.05) is 24.1 Å². The van der Waals surface area contributed by atoms with Crippen LogP contribution in [0.15, 0.2) is 36.4 Å². The van der Waals surface area contributed by atoms with Crippen molar-refractivity contribution in [1.29, 1.82) is 0 Å². The van der Waals surface area contributed by atoms with E-state index >= 15 is 0 Å². The van der Waals surface area contributed by atoms with Crippen LogP contribution in [0.5, 0.6) is 5.75 Å². The molecule has 0 atom stereocenters. The summed E-state index contributed by atoms with van der Waals surface area (Å²) in [7, 11) is 1.71. The summed E-state index contributed by atoms with van der Waals surface area (Å²) in [6.07, 6.45) is 3.36. The van der Waals surface area contributed by atoms with Gasteiger partial charge in [-0.05, 0) is 25.1 Å². The second-order valence-corrected chi connectivity index (χ2v) is 4.36. The molecule has 0 radical (unpaired) electrons. The fraction of sp³-hybridized carbons (Fsp3) is 0.267. The van der Waals surface area contributed by atoms with E-state index in [9.17, 15) is 0 Å². The van der Waals surface area contributed by atoms with E-state index in [-0.39, 0.29) is 0 Å². The van der Waals surface area contributed by atoms with Crippen LogP contribution in [0.25, 0.3) is 16.5 Å². The van der Waals surface area contributed by atoms with Crippen molar-refractivity contribution in [3.05, 3.63) is 42.1 Å². The maximum atomic E-state index is 5.26. The number of hydrogen-bond acceptors (Lipinski definition) is 1. The molecule has 3 rings (SSSR count). The normalized spacial score (nSPS) is 16.5. The van der Waals surface area contributed by atoms with Crippen molar-refractivity contribution in [2.75, 3.05) is 7.11 Å². The third-order valence-corrected chi connectivity index (χ3v) is 3.52. The van der Waals surface area contributed by atoms with Gasteiger partial charge in [-0.2, -0.15) is 4.57 Å². The lowest BCUT2D eigenvalue weighted by molar-refractivity contribution is -0.663. The molecule has 0 N–H and O–H groups in total. The highest BCUT2D eigenvalue weighted by molar-refractivity contribution is 5.79. The Kier molecular flexibility index (Phi) is 2.36. The zero-order chi connectivity index (χ0) is 11.8. The van der Waals surface area contributed by atoms with Gasteiger partial charge in [-0.25, -0.2) is 0 Å². The van der Waals surface area contributed by atoms with Crippen LogP contribution in [-0.2, 0) is 6.54 Å². The molecule has 1 aromatic heterocycles. The van der Waals surface area contributed by atoms with Crippen molar-refractivity contribution in [2.45, 2.75) is 19.9 Å². The largest absolute Gasteiger partial charge is 0.497 e. The Labute approximate surface area is 101 Å². The minimum Gasteiger partial charge on any atom is -0.497 e. The molecule has 17 heavy (non-hydrogen) atoms. The number of fused-ring (bicyclic) bond motifs is 3. The smallest absolute Gasteiger partial charge is 0.213 e. The van der Waals surface area contributed by atoms with Crippen LogP contribution >= 0.6 is 0 Å². The highest BCUT2D eigenvalue weighted by atomic mass is 16.5. The van der Waals surface area contributed by atoms with Crippen molar-refractivity contribution in [3.63, 3.8) is 0 Å². The number of aromatic nitrogens is 1. The van der Waals surface area contributed by atoms with Gasteiger partial charge in [-0.1, -0.05) is 6.08 Å². The Hall–Kier alpha value is -1.83. The number of hydrogen-bond donors (Lipinski definition) is 0. The number of benzene rings is 1. The minimum atomic E-state index is 0.919. The number of rotatable bonds is 1. The predicted molar refractivity (Wildman–Crippen MR) is 69.0 cm³/mol. The van der Waals surface area contributed by atoms with E-state index < -0.39 is 0 Å². The van der Waals surface area contributed by atoms with Crippen LogP contribution < -0.4 is 9.30 Å². The Morgan fingerprint density at radius 3 is 2.88 bits per heavy atom. The first-order valence-corrected chi connectivity index (χ1v) is 5.99. The van der Waals surface area contributed by atoms with Crippen LogP contribution in [-0.4, -0.2) is 7.11 Å². The molecule has 1 aromatic carbocycles. The van der Waals surface area contributed by atoms with Gasteiger partial charge in [-0.3, -0.25) is 0 Å². The average Bonchev–Trinajstić information content (AvgIpc) is 2.81. The fourth-order valence-corrected chi connectivity index (χ4v) is 2.60. The minimum absolute atomic E-state index is 0.919. The van der Waals surface area contributed by atoms with E-state index in [0.717, 1.165) is 18.7 Å². The lowest BCUT2D eigenvalue weighted by Crippen LogP contribution is -2.33. The van der Waals surface area contributed by atoms with Gasteiger partial charge in [0.2, 0.25) is 11.2 Å². The van der Waals surface area contributed by atoms with E-state index in [0.29, 0.717) is 0 Å². The molecule has 1 aliphatic rings. The molecule has 0 saturated carbocycles. The molecule has 0 unspecified atom stereocenters. The second kappa shape index (κ2) is 3.88. The standard InChI is InChI=1S/C15H16NO/c1-3-11-8-9-16-14(11)6-4-12-10-13(17-2)5-7-15(12)16/h3-7,10H,8-9H2,1-2H3/q+1/b11-3+. The first kappa shape index (κ1) is 10.3. The lowest BCUT2D eigenvalue weighted by Gasteiger charge is -2.02. The van der Waals surface area contributed by atoms with Crippen molar-refractivity contribution in [2.24, 2.45) is 0 Å². The topological polar surface area (TPSA) is 13.1 Å². The number of aryl methyl sites for hydroxylation is 1. The molecule has 1 aliphatic heterocycles. The van der Waals surface area contributed by atoms with Gasteiger partial charge in [0.15, 0.2) is 6.54 Å². The van der Waals surface area contributed by atoms with Gasteiger partial charge in [0.25, 0.3) is 0 Å². The summed E-state index contributed by atoms with van der Waals surface area (Å²) >= 11 is 0. The van der Waals surface area contributed by atoms with Gasteiger partial charge in [0.05, 0.1) is 12.5 Å². The number of nitrogens with zero attached hydrogens (tertiary/aromatic N) is 1. The molecule has 2 heterocycles. The highest BCUT2D eigenvalue weighted by Crippen LogP contribution is 2.26. The monoisotopic (exact) mass is 226 g/mol. The summed E-state index contributed by atoms with van der Waals surface area (Å²) in [5.74, 6) is 0.919. The van der Waals surface area contributed by atoms with Gasteiger partial charge < -0.3 is 4.74 Å². The van der Waals surface area contributed by atoms with Crippen LogP contribution in [0.1, 0.15) is 19.0 Å². The molecule has 86 valence electrons. The van der Waals surface area contributed by atoms with Crippen molar-refractivity contribution in [3.8, 4) is 5.75 Å². The SMILES string of the molecule is C/C=C1\CC[n+]2c1ccc1cc(OC)ccc12. The fourth-order valence-electron chi connectivity index (χ4n) is 2.60. The molecular formula is C15H16NO+. The van der Waals surface area contributed by atoms with Crippen molar-refractivity contribution < 1.29 is 9.30 Å². The Morgan fingerprint density at radius 1 is 1.24 bits per heavy atom. The van der Waals surface area contributed by atoms with Gasteiger partial charge in [-0.15, -0.1) is 0 Å². The maximum Gasteiger partial charge on any atom is 0.213 e. The molecule has 0 amide bonds. The quantitative estimate of drug-likeness (QED) is 0.681. The first-order valence-electron chi connectivity index (χ1n) is 5.99. The average molecular weight is 226 g/mol. The van der Waals surface area contributed by atoms with Crippen LogP contribution in [0.3, 0.4) is 0 Å². The van der Waals surface area contributed by atoms with E-state index in [1.54, 1.807) is 7.11 Å². The lowest BCUT2D eigenvalue weighted by atomic mass is 10.1. The Bertz CT molecular complexity index is 614. The summed E-state index contributed by atoms with van der Waals surface area (Å²) in [5, 5.41) is 1.24. The van der Waals surface area contributed by atoms with Crippen molar-refractivity contribution >= 4 is 16.5 Å². The number of ether oxygens (including phenoxy) is 1. The van der Waals surface area contributed by atoms with Gasteiger partial charge in [0.1, 0.15) is 5.75 Å². The predicted octanol–water partition coefficient (Wildman–Crippen LogP) is 2.94. The van der Waals surface area contributed by atoms with Crippen LogP contribution in [0, 0.1) is 0 Å². The number of pyridine rings is 1. The third-order valence-electron chi connectivity index (χ3n) is 3.52. The molecule has 2 nitrogen and oxygen atoms in total. The molecule has 0 aliphatic carbocycles. The third kappa shape index (κ3) is 1.52. The van der Waals surface area contributed by atoms with Crippen LogP contribution in [0.4, 0.5) is 0 Å². The summed E-state index contributed by atoms with van der Waals surface area (Å²) in [6, 6.07) is 10.7. The van der Waals surface area contributed by atoms with Crippen LogP contribution in [0.2, 0.25) is 0 Å². The Balaban J connectivity index is 2.27. The summed E-state index contributed by atoms with van der Waals surface area (Å²) < 4.78 is 7.66. The van der Waals surface area contributed by atoms with E-state index in [2.05, 4.69) is 41.8 Å². The summed E-state index contributed by atoms with van der Waals surface area (Å²) in [6.45, 7) is 3.20. The molecule has 0 bridgehead atoms. The highest BCUT2D eigenvalue weighted by Gasteiger charge is 2.25. The zero-order valence-corrected chi connectivity index (χ0v) is 10.2. The molecule has 2 aromatic rings.